The van der Waals surface area contributed by atoms with Gasteiger partial charge in [-0.25, -0.2) is 4.39 Å². The van der Waals surface area contributed by atoms with Crippen molar-refractivity contribution in [3.63, 3.8) is 0 Å². The molecule has 0 aliphatic heterocycles. The first-order valence-electron chi connectivity index (χ1n) is 3.24. The molecule has 1 rings (SSSR count). The molecular formula is C7H10FNO. The molecule has 0 spiro atoms. The third-order valence-corrected chi connectivity index (χ3v) is 1.42. The smallest absolute Gasteiger partial charge is 0.166 e. The summed E-state index contributed by atoms with van der Waals surface area (Å²) in [7, 11) is 0. The fourth-order valence-corrected chi connectivity index (χ4v) is 0.755. The van der Waals surface area contributed by atoms with E-state index in [-0.39, 0.29) is 17.6 Å². The van der Waals surface area contributed by atoms with Crippen LogP contribution in [0, 0.1) is 5.82 Å². The molecule has 1 atom stereocenters. The van der Waals surface area contributed by atoms with E-state index in [0.29, 0.717) is 6.42 Å². The van der Waals surface area contributed by atoms with Gasteiger partial charge in [0.2, 0.25) is 0 Å². The Morgan fingerprint density at radius 2 is 2.50 bits per heavy atom. The van der Waals surface area contributed by atoms with Gasteiger partial charge in [-0.05, 0) is 6.42 Å². The van der Waals surface area contributed by atoms with Crippen molar-refractivity contribution in [1.29, 1.82) is 0 Å². The highest BCUT2D eigenvalue weighted by Crippen LogP contribution is 2.17. The van der Waals surface area contributed by atoms with Gasteiger partial charge in [-0.2, -0.15) is 0 Å². The van der Waals surface area contributed by atoms with E-state index >= 15 is 0 Å². The Kier molecular flexibility index (Phi) is 2.06. The predicted molar refractivity (Wildman–Crippen MR) is 35.9 cm³/mol. The standard InChI is InChI=1S/C7H10FNO/c1-2-6(9)7-5(8)3-4-10-7/h3-4,6H,2,9H2,1H3. The largest absolute Gasteiger partial charge is 0.465 e. The minimum Gasteiger partial charge on any atom is -0.465 e. The summed E-state index contributed by atoms with van der Waals surface area (Å²) in [4.78, 5) is 0. The summed E-state index contributed by atoms with van der Waals surface area (Å²) in [5, 5.41) is 0. The second-order valence-electron chi connectivity index (χ2n) is 2.15. The summed E-state index contributed by atoms with van der Waals surface area (Å²) >= 11 is 0. The van der Waals surface area contributed by atoms with Crippen LogP contribution in [0.4, 0.5) is 4.39 Å². The van der Waals surface area contributed by atoms with Crippen LogP contribution < -0.4 is 5.73 Å². The molecule has 1 aromatic rings. The van der Waals surface area contributed by atoms with Gasteiger partial charge in [0.05, 0.1) is 12.3 Å². The lowest BCUT2D eigenvalue weighted by molar-refractivity contribution is 0.428. The number of halogens is 1. The minimum absolute atomic E-state index is 0.252. The van der Waals surface area contributed by atoms with Crippen LogP contribution in [0.5, 0.6) is 0 Å². The monoisotopic (exact) mass is 143 g/mol. The van der Waals surface area contributed by atoms with E-state index in [4.69, 9.17) is 10.2 Å². The van der Waals surface area contributed by atoms with Crippen molar-refractivity contribution in [2.24, 2.45) is 5.73 Å². The van der Waals surface area contributed by atoms with Crippen LogP contribution in [0.25, 0.3) is 0 Å². The minimum atomic E-state index is -0.352. The number of hydrogen-bond acceptors (Lipinski definition) is 2. The number of nitrogens with two attached hydrogens (primary N) is 1. The average molecular weight is 143 g/mol. The highest BCUT2D eigenvalue weighted by atomic mass is 19.1. The molecule has 1 aromatic heterocycles. The van der Waals surface area contributed by atoms with Gasteiger partial charge in [-0.15, -0.1) is 0 Å². The Bertz CT molecular complexity index is 209. The summed E-state index contributed by atoms with van der Waals surface area (Å²) < 4.78 is 17.4. The molecule has 3 heteroatoms. The molecule has 0 bridgehead atoms. The molecule has 1 heterocycles. The van der Waals surface area contributed by atoms with Crippen LogP contribution in [-0.2, 0) is 0 Å². The van der Waals surface area contributed by atoms with Gasteiger partial charge in [-0.1, -0.05) is 6.92 Å². The van der Waals surface area contributed by atoms with E-state index in [2.05, 4.69) is 0 Å². The molecule has 1 unspecified atom stereocenters. The normalized spacial score (nSPS) is 13.5. The third-order valence-electron chi connectivity index (χ3n) is 1.42. The molecule has 0 aliphatic rings. The van der Waals surface area contributed by atoms with Crippen molar-refractivity contribution in [2.45, 2.75) is 19.4 Å². The molecule has 0 fully saturated rings. The molecule has 0 aromatic carbocycles. The lowest BCUT2D eigenvalue weighted by Crippen LogP contribution is -2.08. The van der Waals surface area contributed by atoms with Gasteiger partial charge >= 0.3 is 0 Å². The lowest BCUT2D eigenvalue weighted by atomic mass is 10.2. The lowest BCUT2D eigenvalue weighted by Gasteiger charge is -2.02. The fraction of sp³-hybridized carbons (Fsp3) is 0.429. The Hall–Kier alpha value is -0.830. The van der Waals surface area contributed by atoms with E-state index in [1.54, 1.807) is 0 Å². The Balaban J connectivity index is 2.82. The maximum absolute atomic E-state index is 12.6. The fourth-order valence-electron chi connectivity index (χ4n) is 0.755. The molecule has 0 saturated carbocycles. The molecule has 2 nitrogen and oxygen atoms in total. The maximum Gasteiger partial charge on any atom is 0.166 e. The Morgan fingerprint density at radius 3 is 2.90 bits per heavy atom. The van der Waals surface area contributed by atoms with Gasteiger partial charge in [0.15, 0.2) is 11.6 Å². The predicted octanol–water partition coefficient (Wildman–Crippen LogP) is 1.83. The molecule has 0 saturated heterocycles. The second kappa shape index (κ2) is 2.84. The van der Waals surface area contributed by atoms with Crippen molar-refractivity contribution in [1.82, 2.24) is 0 Å². The summed E-state index contributed by atoms with van der Waals surface area (Å²) in [5.41, 5.74) is 5.51. The zero-order chi connectivity index (χ0) is 7.56. The molecule has 2 N–H and O–H groups in total. The third kappa shape index (κ3) is 1.19. The summed E-state index contributed by atoms with van der Waals surface area (Å²) in [6.07, 6.45) is 1.99. The van der Waals surface area contributed by atoms with Crippen LogP contribution >= 0.6 is 0 Å². The maximum atomic E-state index is 12.6. The molecule has 10 heavy (non-hydrogen) atoms. The summed E-state index contributed by atoms with van der Waals surface area (Å²) in [6, 6.07) is 0.959. The molecule has 0 radical (unpaired) electrons. The number of hydrogen-bond donors (Lipinski definition) is 1. The van der Waals surface area contributed by atoms with E-state index in [9.17, 15) is 4.39 Å². The number of rotatable bonds is 2. The Morgan fingerprint density at radius 1 is 1.80 bits per heavy atom. The van der Waals surface area contributed by atoms with Gasteiger partial charge in [0.1, 0.15) is 0 Å². The molecule has 0 aliphatic carbocycles. The van der Waals surface area contributed by atoms with Gasteiger partial charge in [-0.3, -0.25) is 0 Å². The summed E-state index contributed by atoms with van der Waals surface area (Å²) in [5.74, 6) is -0.100. The highest BCUT2D eigenvalue weighted by molar-refractivity contribution is 5.06. The SMILES string of the molecule is CCC(N)c1occc1F. The Labute approximate surface area is 58.8 Å². The first-order chi connectivity index (χ1) is 4.75. The van der Waals surface area contributed by atoms with Crippen LogP contribution in [0.1, 0.15) is 25.1 Å². The van der Waals surface area contributed by atoms with Crippen molar-refractivity contribution < 1.29 is 8.81 Å². The zero-order valence-corrected chi connectivity index (χ0v) is 5.80. The second-order valence-corrected chi connectivity index (χ2v) is 2.15. The van der Waals surface area contributed by atoms with Crippen molar-refractivity contribution >= 4 is 0 Å². The van der Waals surface area contributed by atoms with E-state index in [1.807, 2.05) is 6.92 Å². The summed E-state index contributed by atoms with van der Waals surface area (Å²) in [6.45, 7) is 1.88. The van der Waals surface area contributed by atoms with Gasteiger partial charge in [0, 0.05) is 6.07 Å². The van der Waals surface area contributed by atoms with Crippen LogP contribution in [0.3, 0.4) is 0 Å². The van der Waals surface area contributed by atoms with Gasteiger partial charge in [0.25, 0.3) is 0 Å². The molecule has 0 amide bonds. The van der Waals surface area contributed by atoms with Crippen molar-refractivity contribution in [3.05, 3.63) is 23.9 Å². The quantitative estimate of drug-likeness (QED) is 0.685. The zero-order valence-electron chi connectivity index (χ0n) is 5.80. The van der Waals surface area contributed by atoms with Crippen molar-refractivity contribution in [2.75, 3.05) is 0 Å². The van der Waals surface area contributed by atoms with Crippen LogP contribution in [0.2, 0.25) is 0 Å². The number of furan rings is 1. The topological polar surface area (TPSA) is 39.2 Å². The first-order valence-corrected chi connectivity index (χ1v) is 3.24. The van der Waals surface area contributed by atoms with E-state index < -0.39 is 0 Å². The van der Waals surface area contributed by atoms with Crippen molar-refractivity contribution in [3.8, 4) is 0 Å². The van der Waals surface area contributed by atoms with Crippen LogP contribution in [0.15, 0.2) is 16.7 Å². The van der Waals surface area contributed by atoms with Crippen LogP contribution in [-0.4, -0.2) is 0 Å². The average Bonchev–Trinajstić information content (AvgIpc) is 2.34. The van der Waals surface area contributed by atoms with E-state index in [0.717, 1.165) is 0 Å². The molecular weight excluding hydrogens is 133 g/mol. The molecule has 56 valence electrons. The van der Waals surface area contributed by atoms with E-state index in [1.165, 1.54) is 12.3 Å². The first kappa shape index (κ1) is 7.28. The highest BCUT2D eigenvalue weighted by Gasteiger charge is 2.11. The van der Waals surface area contributed by atoms with Gasteiger partial charge < -0.3 is 10.2 Å².